The molecular weight excluding hydrogens is 270 g/mol. The van der Waals surface area contributed by atoms with E-state index < -0.39 is 17.4 Å². The van der Waals surface area contributed by atoms with Crippen LogP contribution in [0, 0.1) is 6.92 Å². The summed E-state index contributed by atoms with van der Waals surface area (Å²) >= 11 is 0. The summed E-state index contributed by atoms with van der Waals surface area (Å²) in [6, 6.07) is 5.39. The summed E-state index contributed by atoms with van der Waals surface area (Å²) < 4.78 is 5.61. The third kappa shape index (κ3) is 2.65. The topological polar surface area (TPSA) is 108 Å². The first-order valence-corrected chi connectivity index (χ1v) is 6.40. The van der Waals surface area contributed by atoms with Gasteiger partial charge in [0, 0.05) is 17.7 Å². The van der Waals surface area contributed by atoms with Crippen molar-refractivity contribution >= 4 is 17.4 Å². The van der Waals surface area contributed by atoms with Gasteiger partial charge in [-0.3, -0.25) is 14.6 Å². The van der Waals surface area contributed by atoms with E-state index in [4.69, 9.17) is 16.2 Å². The van der Waals surface area contributed by atoms with Crippen molar-refractivity contribution in [2.75, 3.05) is 0 Å². The minimum absolute atomic E-state index is 0.0256. The number of carbonyl (C=O) groups excluding carboxylic acids is 2. The number of nitrogens with two attached hydrogens (primary N) is 2. The molecule has 0 radical (unpaired) electrons. The molecule has 1 unspecified atom stereocenters. The van der Waals surface area contributed by atoms with Gasteiger partial charge < -0.3 is 16.2 Å². The molecule has 4 N–H and O–H groups in total. The van der Waals surface area contributed by atoms with Crippen LogP contribution in [0.5, 0.6) is 0 Å². The molecule has 0 bridgehead atoms. The van der Waals surface area contributed by atoms with E-state index in [-0.39, 0.29) is 17.8 Å². The van der Waals surface area contributed by atoms with Gasteiger partial charge >= 0.3 is 0 Å². The molecule has 0 aliphatic carbocycles. The predicted molar refractivity (Wildman–Crippen MR) is 77.5 cm³/mol. The molecule has 110 valence electrons. The van der Waals surface area contributed by atoms with Gasteiger partial charge in [-0.25, -0.2) is 0 Å². The van der Waals surface area contributed by atoms with Crippen LogP contribution in [0.15, 0.2) is 36.1 Å². The SMILES string of the molecule is C=C(C1=C(C(N)=O)CC(C)(C(N)=O)O1)c1cccc(C)n1. The second-order valence-corrected chi connectivity index (χ2v) is 5.19. The minimum Gasteiger partial charge on any atom is -0.476 e. The molecule has 1 aromatic heterocycles. The maximum Gasteiger partial charge on any atom is 0.261 e. The number of aryl methyl sites for hydroxylation is 1. The Balaban J connectivity index is 2.44. The first-order valence-electron chi connectivity index (χ1n) is 6.40. The van der Waals surface area contributed by atoms with Crippen LogP contribution in [0.1, 0.15) is 24.7 Å². The highest BCUT2D eigenvalue weighted by Crippen LogP contribution is 2.39. The zero-order chi connectivity index (χ0) is 15.8. The standard InChI is InChI=1S/C15H17N3O3/c1-8-5-4-6-11(18-8)9(2)12-10(13(16)19)7-15(3,21-12)14(17)20/h4-6H,2,7H2,1,3H3,(H2,16,19)(H2,17,20). The Morgan fingerprint density at radius 3 is 2.57 bits per heavy atom. The third-order valence-electron chi connectivity index (χ3n) is 3.41. The summed E-state index contributed by atoms with van der Waals surface area (Å²) in [5.41, 5.74) is 11.3. The van der Waals surface area contributed by atoms with Gasteiger partial charge in [-0.15, -0.1) is 0 Å². The van der Waals surface area contributed by atoms with Crippen molar-refractivity contribution in [2.45, 2.75) is 25.9 Å². The number of ether oxygens (including phenoxy) is 1. The van der Waals surface area contributed by atoms with E-state index in [9.17, 15) is 9.59 Å². The Bertz CT molecular complexity index is 678. The largest absolute Gasteiger partial charge is 0.476 e. The number of hydrogen-bond acceptors (Lipinski definition) is 4. The number of allylic oxidation sites excluding steroid dienone is 1. The summed E-state index contributed by atoms with van der Waals surface area (Å²) in [5, 5.41) is 0. The van der Waals surface area contributed by atoms with Crippen LogP contribution in [0.25, 0.3) is 5.57 Å². The molecule has 1 aliphatic heterocycles. The molecule has 21 heavy (non-hydrogen) atoms. The first-order chi connectivity index (χ1) is 9.74. The third-order valence-corrected chi connectivity index (χ3v) is 3.41. The maximum atomic E-state index is 11.6. The summed E-state index contributed by atoms with van der Waals surface area (Å²) in [5.74, 6) is -1.15. The molecule has 0 spiro atoms. The summed E-state index contributed by atoms with van der Waals surface area (Å²) in [7, 11) is 0. The van der Waals surface area contributed by atoms with Crippen LogP contribution in [0.3, 0.4) is 0 Å². The summed E-state index contributed by atoms with van der Waals surface area (Å²) in [4.78, 5) is 27.4. The summed E-state index contributed by atoms with van der Waals surface area (Å²) in [6.45, 7) is 7.25. The van der Waals surface area contributed by atoms with E-state index in [2.05, 4.69) is 11.6 Å². The van der Waals surface area contributed by atoms with E-state index >= 15 is 0 Å². The molecule has 1 atom stereocenters. The number of aromatic nitrogens is 1. The fraction of sp³-hybridized carbons (Fsp3) is 0.267. The number of hydrogen-bond donors (Lipinski definition) is 2. The molecule has 0 fully saturated rings. The Hall–Kier alpha value is -2.63. The lowest BCUT2D eigenvalue weighted by molar-refractivity contribution is -0.134. The van der Waals surface area contributed by atoms with Crippen LogP contribution >= 0.6 is 0 Å². The second kappa shape index (κ2) is 5.05. The Labute approximate surface area is 122 Å². The molecule has 0 aromatic carbocycles. The van der Waals surface area contributed by atoms with Gasteiger partial charge in [0.2, 0.25) is 5.91 Å². The van der Waals surface area contributed by atoms with E-state index in [1.54, 1.807) is 6.07 Å². The summed E-state index contributed by atoms with van der Waals surface area (Å²) in [6.07, 6.45) is 0.0256. The van der Waals surface area contributed by atoms with Crippen molar-refractivity contribution in [3.63, 3.8) is 0 Å². The van der Waals surface area contributed by atoms with Gasteiger partial charge in [0.25, 0.3) is 5.91 Å². The molecule has 6 nitrogen and oxygen atoms in total. The van der Waals surface area contributed by atoms with Gasteiger partial charge in [0.15, 0.2) is 5.60 Å². The smallest absolute Gasteiger partial charge is 0.261 e. The number of primary amides is 2. The Morgan fingerprint density at radius 1 is 1.38 bits per heavy atom. The van der Waals surface area contributed by atoms with E-state index in [1.807, 2.05) is 19.1 Å². The van der Waals surface area contributed by atoms with Crippen molar-refractivity contribution < 1.29 is 14.3 Å². The molecule has 0 saturated carbocycles. The van der Waals surface area contributed by atoms with Gasteiger partial charge in [0.1, 0.15) is 5.76 Å². The van der Waals surface area contributed by atoms with Crippen molar-refractivity contribution in [1.82, 2.24) is 4.98 Å². The van der Waals surface area contributed by atoms with E-state index in [0.29, 0.717) is 11.3 Å². The van der Waals surface area contributed by atoms with E-state index in [1.165, 1.54) is 6.92 Å². The fourth-order valence-electron chi connectivity index (χ4n) is 2.15. The lowest BCUT2D eigenvalue weighted by Gasteiger charge is -2.21. The Morgan fingerprint density at radius 2 is 2.05 bits per heavy atom. The monoisotopic (exact) mass is 287 g/mol. The molecule has 6 heteroatoms. The average Bonchev–Trinajstić information content (AvgIpc) is 2.78. The molecule has 1 aromatic rings. The molecule has 2 amide bonds. The number of rotatable bonds is 4. The lowest BCUT2D eigenvalue weighted by atomic mass is 9.97. The highest BCUT2D eigenvalue weighted by molar-refractivity contribution is 5.99. The maximum absolute atomic E-state index is 11.6. The quantitative estimate of drug-likeness (QED) is 0.854. The van der Waals surface area contributed by atoms with Gasteiger partial charge in [-0.05, 0) is 26.0 Å². The van der Waals surface area contributed by atoms with Gasteiger partial charge in [-0.2, -0.15) is 0 Å². The average molecular weight is 287 g/mol. The zero-order valence-electron chi connectivity index (χ0n) is 12.0. The molecular formula is C15H17N3O3. The molecule has 1 aliphatic rings. The predicted octanol–water partition coefficient (Wildman–Crippen LogP) is 0.807. The van der Waals surface area contributed by atoms with Crippen LogP contribution in [-0.4, -0.2) is 22.4 Å². The fourth-order valence-corrected chi connectivity index (χ4v) is 2.15. The van der Waals surface area contributed by atoms with Crippen molar-refractivity contribution in [2.24, 2.45) is 11.5 Å². The number of carbonyl (C=O) groups is 2. The van der Waals surface area contributed by atoms with Crippen molar-refractivity contribution in [3.8, 4) is 0 Å². The molecule has 0 saturated heterocycles. The van der Waals surface area contributed by atoms with Gasteiger partial charge in [0.05, 0.1) is 11.3 Å². The van der Waals surface area contributed by atoms with Gasteiger partial charge in [-0.1, -0.05) is 12.6 Å². The van der Waals surface area contributed by atoms with Crippen molar-refractivity contribution in [1.29, 1.82) is 0 Å². The molecule has 2 heterocycles. The second-order valence-electron chi connectivity index (χ2n) is 5.19. The zero-order valence-corrected chi connectivity index (χ0v) is 12.0. The minimum atomic E-state index is -1.30. The highest BCUT2D eigenvalue weighted by atomic mass is 16.5. The van der Waals surface area contributed by atoms with E-state index in [0.717, 1.165) is 5.69 Å². The lowest BCUT2D eigenvalue weighted by Crippen LogP contribution is -2.41. The Kier molecular flexibility index (Phi) is 3.55. The van der Waals surface area contributed by atoms with Crippen LogP contribution in [0.4, 0.5) is 0 Å². The van der Waals surface area contributed by atoms with Crippen LogP contribution < -0.4 is 11.5 Å². The first kappa shape index (κ1) is 14.8. The van der Waals surface area contributed by atoms with Crippen molar-refractivity contribution in [3.05, 3.63) is 47.5 Å². The van der Waals surface area contributed by atoms with Crippen LogP contribution in [-0.2, 0) is 14.3 Å². The number of pyridine rings is 1. The number of amides is 2. The normalized spacial score (nSPS) is 21.0. The highest BCUT2D eigenvalue weighted by Gasteiger charge is 2.44. The molecule has 2 rings (SSSR count). The number of nitrogens with zero attached hydrogens (tertiary/aromatic N) is 1. The van der Waals surface area contributed by atoms with Crippen LogP contribution in [0.2, 0.25) is 0 Å².